The van der Waals surface area contributed by atoms with Crippen molar-refractivity contribution < 1.29 is 9.46 Å². The Morgan fingerprint density at radius 3 is 2.53 bits per heavy atom. The van der Waals surface area contributed by atoms with Crippen molar-refractivity contribution in [2.24, 2.45) is 11.7 Å². The van der Waals surface area contributed by atoms with Crippen molar-refractivity contribution in [2.75, 3.05) is 0 Å². The van der Waals surface area contributed by atoms with Crippen LogP contribution in [-0.2, 0) is 10.1 Å². The van der Waals surface area contributed by atoms with E-state index in [1.807, 2.05) is 18.2 Å². The third-order valence-corrected chi connectivity index (χ3v) is 3.71. The van der Waals surface area contributed by atoms with E-state index in [0.29, 0.717) is 11.2 Å². The molecular weight excluding hydrogens is 209 g/mol. The first-order valence-corrected chi connectivity index (χ1v) is 5.97. The van der Waals surface area contributed by atoms with Gasteiger partial charge in [0.05, 0.1) is 0 Å². The smallest absolute Gasteiger partial charge is 0.321 e. The molecule has 15 heavy (non-hydrogen) atoms. The molecule has 1 aromatic rings. The van der Waals surface area contributed by atoms with Crippen molar-refractivity contribution >= 4 is 13.3 Å². The van der Waals surface area contributed by atoms with E-state index in [4.69, 9.17) is 10.6 Å². The normalized spacial score (nSPS) is 29.7. The highest BCUT2D eigenvalue weighted by molar-refractivity contribution is 7.47. The summed E-state index contributed by atoms with van der Waals surface area (Å²) in [6.45, 7) is 3.72. The summed E-state index contributed by atoms with van der Waals surface area (Å²) in [7, 11) is -2.25. The zero-order valence-corrected chi connectivity index (χ0v) is 9.15. The third kappa shape index (κ3) is 1.74. The van der Waals surface area contributed by atoms with Gasteiger partial charge in [0, 0.05) is 11.5 Å². The molecule has 0 amide bonds. The van der Waals surface area contributed by atoms with Crippen LogP contribution in [0.1, 0.15) is 12.0 Å². The molecule has 1 aliphatic carbocycles. The molecule has 0 radical (unpaired) electrons. The van der Waals surface area contributed by atoms with Gasteiger partial charge in [0.15, 0.2) is 0 Å². The molecule has 4 heteroatoms. The Balaban J connectivity index is 2.25. The first-order chi connectivity index (χ1) is 7.08. The van der Waals surface area contributed by atoms with Crippen LogP contribution < -0.4 is 11.0 Å². The van der Waals surface area contributed by atoms with Gasteiger partial charge in [-0.25, -0.2) is 0 Å². The first-order valence-electron chi connectivity index (χ1n) is 4.76. The fraction of sp³-hybridized carbons (Fsp3) is 0.273. The number of rotatable bonds is 3. The number of nitrogens with two attached hydrogens (primary N) is 1. The fourth-order valence-electron chi connectivity index (χ4n) is 1.83. The Bertz CT molecular complexity index is 415. The lowest BCUT2D eigenvalue weighted by Crippen LogP contribution is -2.22. The molecule has 1 unspecified atom stereocenters. The van der Waals surface area contributed by atoms with Gasteiger partial charge in [0.25, 0.3) is 0 Å². The summed E-state index contributed by atoms with van der Waals surface area (Å²) in [5.74, 6) is 0.325. The molecular formula is C11H13NO2P+. The van der Waals surface area contributed by atoms with Gasteiger partial charge < -0.3 is 5.73 Å². The Kier molecular flexibility index (Phi) is 2.47. The van der Waals surface area contributed by atoms with E-state index in [1.54, 1.807) is 12.1 Å². The van der Waals surface area contributed by atoms with Gasteiger partial charge in [-0.3, -0.25) is 0 Å². The summed E-state index contributed by atoms with van der Waals surface area (Å²) in [6.07, 6.45) is 2.77. The van der Waals surface area contributed by atoms with Crippen LogP contribution in [0.25, 0.3) is 0 Å². The Labute approximate surface area is 89.5 Å². The highest BCUT2D eigenvalue weighted by Crippen LogP contribution is 2.50. The summed E-state index contributed by atoms with van der Waals surface area (Å²) in [5.41, 5.74) is 6.85. The molecule has 0 saturated heterocycles. The van der Waals surface area contributed by atoms with Gasteiger partial charge in [0.2, 0.25) is 5.30 Å². The number of benzene rings is 1. The molecule has 1 saturated carbocycles. The number of hydrogen-bond donors (Lipinski definition) is 2. The second-order valence-corrected chi connectivity index (χ2v) is 4.97. The molecule has 1 aliphatic rings. The zero-order chi connectivity index (χ0) is 11.1. The largest absolute Gasteiger partial charge is 0.546 e. The van der Waals surface area contributed by atoms with E-state index in [9.17, 15) is 4.57 Å². The quantitative estimate of drug-likeness (QED) is 0.600. The lowest BCUT2D eigenvalue weighted by atomic mass is 10.0. The molecule has 0 spiro atoms. The first kappa shape index (κ1) is 10.5. The van der Waals surface area contributed by atoms with Crippen LogP contribution in [0.4, 0.5) is 0 Å². The van der Waals surface area contributed by atoms with Crippen LogP contribution in [0.3, 0.4) is 0 Å². The lowest BCUT2D eigenvalue weighted by Gasteiger charge is -2.09. The summed E-state index contributed by atoms with van der Waals surface area (Å²) in [6, 6.07) is 6.95. The van der Waals surface area contributed by atoms with Crippen molar-refractivity contribution in [2.45, 2.75) is 12.0 Å². The zero-order valence-electron chi connectivity index (χ0n) is 8.26. The molecule has 1 aromatic carbocycles. The van der Waals surface area contributed by atoms with Gasteiger partial charge in [-0.05, 0) is 28.7 Å². The Morgan fingerprint density at radius 2 is 2.13 bits per heavy atom. The van der Waals surface area contributed by atoms with Gasteiger partial charge in [-0.15, -0.1) is 6.58 Å². The van der Waals surface area contributed by atoms with E-state index < -0.39 is 8.03 Å². The molecule has 3 N–H and O–H groups in total. The van der Waals surface area contributed by atoms with Crippen LogP contribution >= 0.6 is 8.03 Å². The Morgan fingerprint density at radius 1 is 1.53 bits per heavy atom. The van der Waals surface area contributed by atoms with Gasteiger partial charge in [-0.2, -0.15) is 4.89 Å². The van der Waals surface area contributed by atoms with Crippen LogP contribution in [0.2, 0.25) is 0 Å². The highest BCUT2D eigenvalue weighted by Gasteiger charge is 2.50. The van der Waals surface area contributed by atoms with Crippen LogP contribution in [0, 0.1) is 5.92 Å². The summed E-state index contributed by atoms with van der Waals surface area (Å²) in [5, 5.41) is 0.438. The number of hydrogen-bond acceptors (Lipinski definition) is 2. The van der Waals surface area contributed by atoms with Crippen molar-refractivity contribution in [3.05, 3.63) is 42.5 Å². The van der Waals surface area contributed by atoms with E-state index in [1.165, 1.54) is 0 Å². The Hall–Kier alpha value is -1.02. The molecule has 0 bridgehead atoms. The highest BCUT2D eigenvalue weighted by atomic mass is 31.1. The second-order valence-electron chi connectivity index (χ2n) is 3.91. The summed E-state index contributed by atoms with van der Waals surface area (Å²) >= 11 is 0. The SMILES string of the molecule is C=C[C@H]1C[C@]1(N)c1ccc([P+](=O)O)cc1. The van der Waals surface area contributed by atoms with Crippen LogP contribution in [0.15, 0.2) is 36.9 Å². The average molecular weight is 222 g/mol. The van der Waals surface area contributed by atoms with E-state index in [0.717, 1.165) is 12.0 Å². The topological polar surface area (TPSA) is 63.3 Å². The van der Waals surface area contributed by atoms with Gasteiger partial charge in [0.1, 0.15) is 0 Å². The molecule has 0 aliphatic heterocycles. The predicted octanol–water partition coefficient (Wildman–Crippen LogP) is 1.41. The molecule has 1 fully saturated rings. The monoisotopic (exact) mass is 222 g/mol. The molecule has 2 rings (SSSR count). The second kappa shape index (κ2) is 3.53. The third-order valence-electron chi connectivity index (χ3n) is 2.97. The van der Waals surface area contributed by atoms with Crippen molar-refractivity contribution in [3.63, 3.8) is 0 Å². The van der Waals surface area contributed by atoms with Crippen molar-refractivity contribution in [3.8, 4) is 0 Å². The maximum atomic E-state index is 10.8. The maximum absolute atomic E-state index is 10.8. The molecule has 3 nitrogen and oxygen atoms in total. The van der Waals surface area contributed by atoms with Gasteiger partial charge in [-0.1, -0.05) is 18.2 Å². The minimum atomic E-state index is -2.25. The molecule has 3 atom stereocenters. The predicted molar refractivity (Wildman–Crippen MR) is 60.1 cm³/mol. The minimum Gasteiger partial charge on any atom is -0.321 e. The average Bonchev–Trinajstić information content (AvgIpc) is 2.91. The lowest BCUT2D eigenvalue weighted by molar-refractivity contribution is 0.513. The molecule has 0 heterocycles. The molecule has 0 aromatic heterocycles. The van der Waals surface area contributed by atoms with Crippen LogP contribution in [0.5, 0.6) is 0 Å². The van der Waals surface area contributed by atoms with E-state index in [-0.39, 0.29) is 5.54 Å². The van der Waals surface area contributed by atoms with Crippen molar-refractivity contribution in [1.29, 1.82) is 0 Å². The maximum Gasteiger partial charge on any atom is 0.546 e. The minimum absolute atomic E-state index is 0.304. The standard InChI is InChI=1S/C11H12NO2P/c1-2-8-7-11(8,12)9-3-5-10(6-4-9)15(13)14/h2-6,8H,1,7,12H2/p+1/t8-,11+/m0/s1. The van der Waals surface area contributed by atoms with E-state index in [2.05, 4.69) is 6.58 Å². The fourth-order valence-corrected chi connectivity index (χ4v) is 2.23. The molecule has 78 valence electrons. The van der Waals surface area contributed by atoms with Gasteiger partial charge >= 0.3 is 8.03 Å². The van der Waals surface area contributed by atoms with E-state index >= 15 is 0 Å². The summed E-state index contributed by atoms with van der Waals surface area (Å²) < 4.78 is 10.8. The summed E-state index contributed by atoms with van der Waals surface area (Å²) in [4.78, 5) is 8.89. The van der Waals surface area contributed by atoms with Crippen molar-refractivity contribution in [1.82, 2.24) is 0 Å². The van der Waals surface area contributed by atoms with Crippen LogP contribution in [-0.4, -0.2) is 4.89 Å².